The number of rotatable bonds is 4. The minimum Gasteiger partial charge on any atom is -0.508 e. The summed E-state index contributed by atoms with van der Waals surface area (Å²) in [6, 6.07) is 21.2. The number of phenols is 3. The molecule has 0 aliphatic carbocycles. The summed E-state index contributed by atoms with van der Waals surface area (Å²) < 4.78 is 17.5. The summed E-state index contributed by atoms with van der Waals surface area (Å²) in [5.74, 6) is -1.61. The quantitative estimate of drug-likeness (QED) is 0.224. The lowest BCUT2D eigenvalue weighted by molar-refractivity contribution is 0.410. The predicted molar refractivity (Wildman–Crippen MR) is 143 cm³/mol. The van der Waals surface area contributed by atoms with Crippen molar-refractivity contribution >= 4 is 21.9 Å². The van der Waals surface area contributed by atoms with Crippen LogP contribution in [0.5, 0.6) is 34.5 Å². The van der Waals surface area contributed by atoms with E-state index in [1.54, 1.807) is 6.07 Å². The van der Waals surface area contributed by atoms with Crippen LogP contribution in [0.1, 0.15) is 0 Å². The van der Waals surface area contributed by atoms with Gasteiger partial charge in [0.1, 0.15) is 39.6 Å². The van der Waals surface area contributed by atoms with Gasteiger partial charge < -0.3 is 34.0 Å². The Morgan fingerprint density at radius 3 is 2.26 bits per heavy atom. The molecule has 0 unspecified atom stereocenters. The van der Waals surface area contributed by atoms with Crippen LogP contribution < -0.4 is 15.6 Å². The van der Waals surface area contributed by atoms with E-state index in [0.29, 0.717) is 11.1 Å². The summed E-state index contributed by atoms with van der Waals surface area (Å²) in [6.07, 6.45) is 0. The van der Waals surface area contributed by atoms with Crippen molar-refractivity contribution in [2.75, 3.05) is 0 Å². The van der Waals surface area contributed by atoms with Gasteiger partial charge >= 0.3 is 0 Å². The van der Waals surface area contributed by atoms with Crippen molar-refractivity contribution in [1.29, 1.82) is 0 Å². The van der Waals surface area contributed by atoms with E-state index in [9.17, 15) is 30.0 Å². The third-order valence-corrected chi connectivity index (χ3v) is 6.14. The van der Waals surface area contributed by atoms with Crippen molar-refractivity contribution in [3.05, 3.63) is 105 Å². The van der Waals surface area contributed by atoms with E-state index in [-0.39, 0.29) is 56.3 Å². The van der Waals surface area contributed by atoms with Gasteiger partial charge in [-0.3, -0.25) is 9.59 Å². The first-order valence-electron chi connectivity index (χ1n) is 11.6. The number of hydrogen-bond donors (Lipinski definition) is 4. The van der Waals surface area contributed by atoms with Crippen molar-refractivity contribution in [1.82, 2.24) is 0 Å². The monoisotopic (exact) mass is 522 g/mol. The molecule has 0 spiro atoms. The molecule has 0 aliphatic heterocycles. The van der Waals surface area contributed by atoms with Crippen LogP contribution in [-0.4, -0.2) is 20.4 Å². The van der Waals surface area contributed by atoms with E-state index in [1.165, 1.54) is 36.4 Å². The average molecular weight is 522 g/mol. The van der Waals surface area contributed by atoms with Crippen LogP contribution >= 0.6 is 0 Å². The summed E-state index contributed by atoms with van der Waals surface area (Å²) >= 11 is 0. The van der Waals surface area contributed by atoms with Gasteiger partial charge in [-0.1, -0.05) is 30.3 Å². The number of hydrogen-bond acceptors (Lipinski definition) is 9. The molecule has 0 saturated carbocycles. The van der Waals surface area contributed by atoms with Gasteiger partial charge in [0.25, 0.3) is 0 Å². The molecule has 6 rings (SSSR count). The van der Waals surface area contributed by atoms with Gasteiger partial charge in [0, 0.05) is 35.4 Å². The molecule has 9 nitrogen and oxygen atoms in total. The summed E-state index contributed by atoms with van der Waals surface area (Å²) in [7, 11) is 0. The highest BCUT2D eigenvalue weighted by Gasteiger charge is 2.20. The zero-order valence-electron chi connectivity index (χ0n) is 19.9. The molecule has 192 valence electrons. The zero-order valence-corrected chi connectivity index (χ0v) is 19.9. The number of aromatic hydroxyl groups is 4. The number of phenolic OH excluding ortho intramolecular Hbond substituents is 3. The van der Waals surface area contributed by atoms with Crippen LogP contribution in [-0.2, 0) is 0 Å². The van der Waals surface area contributed by atoms with Gasteiger partial charge in [-0.2, -0.15) is 0 Å². The molecule has 0 atom stereocenters. The van der Waals surface area contributed by atoms with Crippen molar-refractivity contribution < 1.29 is 34.0 Å². The molecule has 2 aromatic heterocycles. The van der Waals surface area contributed by atoms with Gasteiger partial charge in [-0.25, -0.2) is 0 Å². The average Bonchev–Trinajstić information content (AvgIpc) is 2.92. The molecule has 0 fully saturated rings. The molecule has 9 heteroatoms. The van der Waals surface area contributed by atoms with Crippen molar-refractivity contribution in [3.8, 4) is 57.1 Å². The number of benzene rings is 4. The third kappa shape index (κ3) is 4.17. The fraction of sp³-hybridized carbons (Fsp3) is 0. The summed E-state index contributed by atoms with van der Waals surface area (Å²) in [5, 5.41) is 40.8. The Morgan fingerprint density at radius 1 is 0.667 bits per heavy atom. The van der Waals surface area contributed by atoms with E-state index < -0.39 is 16.9 Å². The zero-order chi connectivity index (χ0) is 27.3. The normalized spacial score (nSPS) is 11.2. The minimum absolute atomic E-state index is 0.0469. The molecule has 0 saturated heterocycles. The molecule has 2 heterocycles. The Morgan fingerprint density at radius 2 is 1.46 bits per heavy atom. The maximum absolute atomic E-state index is 12.7. The Balaban J connectivity index is 1.42. The lowest BCUT2D eigenvalue weighted by Crippen LogP contribution is -2.03. The first kappa shape index (κ1) is 23.7. The van der Waals surface area contributed by atoms with E-state index in [1.807, 2.05) is 30.3 Å². The first-order chi connectivity index (χ1) is 18.8. The van der Waals surface area contributed by atoms with Gasteiger partial charge in [-0.05, 0) is 30.3 Å². The lowest BCUT2D eigenvalue weighted by atomic mass is 10.1. The highest BCUT2D eigenvalue weighted by Crippen LogP contribution is 2.40. The van der Waals surface area contributed by atoms with Crippen molar-refractivity contribution in [2.45, 2.75) is 0 Å². The largest absolute Gasteiger partial charge is 0.508 e. The highest BCUT2D eigenvalue weighted by molar-refractivity contribution is 5.88. The van der Waals surface area contributed by atoms with Crippen LogP contribution in [0, 0.1) is 0 Å². The van der Waals surface area contributed by atoms with Crippen molar-refractivity contribution in [3.63, 3.8) is 0 Å². The van der Waals surface area contributed by atoms with Crippen molar-refractivity contribution in [2.24, 2.45) is 0 Å². The predicted octanol–water partition coefficient (Wildman–Crippen LogP) is 5.85. The van der Waals surface area contributed by atoms with E-state index in [4.69, 9.17) is 13.6 Å². The molecule has 0 aliphatic rings. The molecular formula is C30H18O9. The summed E-state index contributed by atoms with van der Waals surface area (Å²) in [6.45, 7) is 0. The molecule has 0 bridgehead atoms. The fourth-order valence-electron chi connectivity index (χ4n) is 4.28. The second-order valence-electron chi connectivity index (χ2n) is 8.73. The van der Waals surface area contributed by atoms with Gasteiger partial charge in [0.2, 0.25) is 11.2 Å². The number of ether oxygens (including phenoxy) is 1. The van der Waals surface area contributed by atoms with Gasteiger partial charge in [0.05, 0.1) is 5.39 Å². The highest BCUT2D eigenvalue weighted by atomic mass is 16.5. The van der Waals surface area contributed by atoms with Gasteiger partial charge in [0.15, 0.2) is 22.7 Å². The van der Waals surface area contributed by atoms with E-state index >= 15 is 0 Å². The second-order valence-corrected chi connectivity index (χ2v) is 8.73. The maximum atomic E-state index is 12.7. The molecule has 0 radical (unpaired) electrons. The summed E-state index contributed by atoms with van der Waals surface area (Å²) in [4.78, 5) is 25.4. The fourth-order valence-corrected chi connectivity index (χ4v) is 4.28. The van der Waals surface area contributed by atoms with Crippen LogP contribution in [0.3, 0.4) is 0 Å². The molecular weight excluding hydrogens is 504 g/mol. The van der Waals surface area contributed by atoms with E-state index in [0.717, 1.165) is 17.7 Å². The number of fused-ring (bicyclic) bond motifs is 2. The first-order valence-corrected chi connectivity index (χ1v) is 11.6. The molecule has 0 amide bonds. The SMILES string of the molecule is O=c1cc(-c2ccccc2)oc2cc(Oc3cc(-c4oc5cc(O)cc(O)c5c(=O)c4O)ccc3O)ccc12. The minimum atomic E-state index is -0.905. The molecule has 4 N–H and O–H groups in total. The molecule has 6 aromatic rings. The molecule has 4 aromatic carbocycles. The summed E-state index contributed by atoms with van der Waals surface area (Å²) in [5.41, 5.74) is -0.123. The Bertz CT molecular complexity index is 2020. The van der Waals surface area contributed by atoms with Crippen LogP contribution in [0.2, 0.25) is 0 Å². The topological polar surface area (TPSA) is 151 Å². The van der Waals surface area contributed by atoms with Gasteiger partial charge in [-0.15, -0.1) is 0 Å². The third-order valence-electron chi connectivity index (χ3n) is 6.14. The Hall–Kier alpha value is -5.70. The molecule has 39 heavy (non-hydrogen) atoms. The van der Waals surface area contributed by atoms with E-state index in [2.05, 4.69) is 0 Å². The smallest absolute Gasteiger partial charge is 0.238 e. The standard InChI is InChI=1S/C30H18O9/c31-17-11-22(34)27-26(12-17)39-30(29(36)28(27)35)16-6-9-20(32)25(10-16)37-18-7-8-19-21(33)14-23(38-24(19)13-18)15-4-2-1-3-5-15/h1-14,31-32,34,36H. The van der Waals surface area contributed by atoms with Crippen LogP contribution in [0.15, 0.2) is 103 Å². The Kier molecular flexibility index (Phi) is 5.46. The van der Waals surface area contributed by atoms with Crippen LogP contribution in [0.4, 0.5) is 0 Å². The second kappa shape index (κ2) is 9.00. The Labute approximate surface area is 218 Å². The lowest BCUT2D eigenvalue weighted by Gasteiger charge is -2.12. The van der Waals surface area contributed by atoms with Crippen LogP contribution in [0.25, 0.3) is 44.6 Å². The maximum Gasteiger partial charge on any atom is 0.238 e.